The van der Waals surface area contributed by atoms with Crippen molar-refractivity contribution in [2.24, 2.45) is 7.05 Å². The minimum Gasteiger partial charge on any atom is -0.493 e. The fourth-order valence-corrected chi connectivity index (χ4v) is 6.78. The largest absolute Gasteiger partial charge is 0.493 e. The Morgan fingerprint density at radius 3 is 2.62 bits per heavy atom. The third kappa shape index (κ3) is 5.22. The lowest BCUT2D eigenvalue weighted by atomic mass is 9.98. The van der Waals surface area contributed by atoms with Gasteiger partial charge in [0.1, 0.15) is 11.4 Å². The molecule has 3 heterocycles. The number of ether oxygens (including phenoxy) is 2. The summed E-state index contributed by atoms with van der Waals surface area (Å²) in [4.78, 5) is 16.0. The number of carbonyl (C=O) groups excluding carboxylic acids is 1. The number of aromatic nitrogens is 3. The first-order valence-corrected chi connectivity index (χ1v) is 15.8. The molecule has 0 unspecified atom stereocenters. The van der Waals surface area contributed by atoms with E-state index in [0.717, 1.165) is 82.3 Å². The second-order valence-corrected chi connectivity index (χ2v) is 11.5. The van der Waals surface area contributed by atoms with Gasteiger partial charge in [0, 0.05) is 47.4 Å². The SMILES string of the molecule is CCOC(=O)c1c(CCCOc2cccc3ccccc23)c2cccc3c2n1CCCN(C)Cc1c-3c(CBr)nn1C. The molecule has 0 fully saturated rings. The van der Waals surface area contributed by atoms with Crippen LogP contribution in [0.5, 0.6) is 5.75 Å². The lowest BCUT2D eigenvalue weighted by Gasteiger charge is -2.21. The van der Waals surface area contributed by atoms with Crippen molar-refractivity contribution in [3.05, 3.63) is 83.3 Å². The molecule has 42 heavy (non-hydrogen) atoms. The van der Waals surface area contributed by atoms with Gasteiger partial charge in [-0.05, 0) is 56.8 Å². The second kappa shape index (κ2) is 12.3. The van der Waals surface area contributed by atoms with E-state index in [2.05, 4.69) is 68.8 Å². The van der Waals surface area contributed by atoms with E-state index in [9.17, 15) is 4.79 Å². The number of hydrogen-bond donors (Lipinski definition) is 0. The van der Waals surface area contributed by atoms with E-state index >= 15 is 0 Å². The van der Waals surface area contributed by atoms with Crippen LogP contribution in [0.2, 0.25) is 0 Å². The highest BCUT2D eigenvalue weighted by molar-refractivity contribution is 9.08. The summed E-state index contributed by atoms with van der Waals surface area (Å²) in [5, 5.41) is 8.91. The van der Waals surface area contributed by atoms with Gasteiger partial charge in [0.2, 0.25) is 0 Å². The summed E-state index contributed by atoms with van der Waals surface area (Å²) < 4.78 is 16.2. The third-order valence-electron chi connectivity index (χ3n) is 8.21. The van der Waals surface area contributed by atoms with Gasteiger partial charge in [-0.1, -0.05) is 70.5 Å². The van der Waals surface area contributed by atoms with Crippen LogP contribution in [0.3, 0.4) is 0 Å². The molecule has 1 aliphatic heterocycles. The number of nitrogens with zero attached hydrogens (tertiary/aromatic N) is 4. The van der Waals surface area contributed by atoms with Crippen LogP contribution in [0.4, 0.5) is 0 Å². The van der Waals surface area contributed by atoms with Crippen LogP contribution in [0.25, 0.3) is 32.8 Å². The topological polar surface area (TPSA) is 61.5 Å². The van der Waals surface area contributed by atoms with E-state index in [4.69, 9.17) is 14.6 Å². The lowest BCUT2D eigenvalue weighted by molar-refractivity contribution is 0.0512. The maximum absolute atomic E-state index is 13.6. The maximum Gasteiger partial charge on any atom is 0.355 e. The van der Waals surface area contributed by atoms with E-state index < -0.39 is 0 Å². The Balaban J connectivity index is 1.43. The number of fused-ring (bicyclic) bond motifs is 3. The van der Waals surface area contributed by atoms with Gasteiger partial charge in [-0.3, -0.25) is 4.68 Å². The molecule has 8 heteroatoms. The number of carbonyl (C=O) groups is 1. The van der Waals surface area contributed by atoms with Crippen LogP contribution >= 0.6 is 15.9 Å². The summed E-state index contributed by atoms with van der Waals surface area (Å²) in [5.74, 6) is 0.625. The van der Waals surface area contributed by atoms with Crippen LogP contribution in [0, 0.1) is 0 Å². The Kier molecular flexibility index (Phi) is 8.36. The van der Waals surface area contributed by atoms with Crippen molar-refractivity contribution in [2.45, 2.75) is 44.6 Å². The van der Waals surface area contributed by atoms with Gasteiger partial charge in [-0.15, -0.1) is 0 Å². The summed E-state index contributed by atoms with van der Waals surface area (Å²) in [7, 11) is 4.17. The van der Waals surface area contributed by atoms with Gasteiger partial charge in [0.05, 0.1) is 30.1 Å². The first-order valence-electron chi connectivity index (χ1n) is 14.7. The molecule has 0 radical (unpaired) electrons. The Hall–Kier alpha value is -3.62. The number of aryl methyl sites for hydroxylation is 3. The molecule has 0 spiro atoms. The summed E-state index contributed by atoms with van der Waals surface area (Å²) in [5.41, 5.74) is 7.23. The average molecular weight is 630 g/mol. The van der Waals surface area contributed by atoms with E-state index in [1.807, 2.05) is 42.9 Å². The molecule has 0 saturated carbocycles. The fourth-order valence-electron chi connectivity index (χ4n) is 6.38. The number of rotatable bonds is 8. The van der Waals surface area contributed by atoms with E-state index in [1.165, 1.54) is 5.69 Å². The van der Waals surface area contributed by atoms with Crippen LogP contribution in [-0.2, 0) is 36.6 Å². The summed E-state index contributed by atoms with van der Waals surface area (Å²) >= 11 is 3.69. The molecule has 6 rings (SSSR count). The number of hydrogen-bond acceptors (Lipinski definition) is 5. The van der Waals surface area contributed by atoms with Crippen molar-refractivity contribution in [1.29, 1.82) is 0 Å². The van der Waals surface area contributed by atoms with Crippen molar-refractivity contribution in [1.82, 2.24) is 19.2 Å². The molecule has 7 nitrogen and oxygen atoms in total. The quantitative estimate of drug-likeness (QED) is 0.104. The zero-order valence-corrected chi connectivity index (χ0v) is 26.1. The molecular weight excluding hydrogens is 592 g/mol. The van der Waals surface area contributed by atoms with Crippen molar-refractivity contribution < 1.29 is 14.3 Å². The van der Waals surface area contributed by atoms with Gasteiger partial charge < -0.3 is 18.9 Å². The minimum absolute atomic E-state index is 0.262. The molecule has 0 atom stereocenters. The smallest absolute Gasteiger partial charge is 0.355 e. The highest BCUT2D eigenvalue weighted by atomic mass is 79.9. The molecule has 0 saturated heterocycles. The molecule has 0 bridgehead atoms. The summed E-state index contributed by atoms with van der Waals surface area (Å²) in [6, 6.07) is 20.9. The number of halogens is 1. The maximum atomic E-state index is 13.6. The van der Waals surface area contributed by atoms with Crippen molar-refractivity contribution in [3.63, 3.8) is 0 Å². The number of esters is 1. The van der Waals surface area contributed by atoms with Crippen molar-refractivity contribution >= 4 is 43.6 Å². The summed E-state index contributed by atoms with van der Waals surface area (Å²) in [6.07, 6.45) is 2.40. The van der Waals surface area contributed by atoms with Crippen LogP contribution in [-0.4, -0.2) is 52.0 Å². The monoisotopic (exact) mass is 628 g/mol. The normalized spacial score (nSPS) is 13.8. The molecule has 2 aromatic heterocycles. The highest BCUT2D eigenvalue weighted by Gasteiger charge is 2.29. The van der Waals surface area contributed by atoms with Crippen LogP contribution < -0.4 is 4.74 Å². The van der Waals surface area contributed by atoms with Crippen LogP contribution in [0.1, 0.15) is 47.2 Å². The van der Waals surface area contributed by atoms with E-state index in [1.54, 1.807) is 0 Å². The van der Waals surface area contributed by atoms with Crippen molar-refractivity contribution in [2.75, 3.05) is 26.8 Å². The number of para-hydroxylation sites is 1. The Morgan fingerprint density at radius 2 is 1.79 bits per heavy atom. The number of benzene rings is 3. The van der Waals surface area contributed by atoms with E-state index in [-0.39, 0.29) is 5.97 Å². The first-order chi connectivity index (χ1) is 20.5. The average Bonchev–Trinajstić information content (AvgIpc) is 3.49. The fraction of sp³-hybridized carbons (Fsp3) is 0.353. The van der Waals surface area contributed by atoms with Gasteiger partial charge in [-0.2, -0.15) is 5.10 Å². The van der Waals surface area contributed by atoms with Gasteiger partial charge in [-0.25, -0.2) is 4.79 Å². The zero-order chi connectivity index (χ0) is 29.2. The van der Waals surface area contributed by atoms with Crippen molar-refractivity contribution in [3.8, 4) is 16.9 Å². The lowest BCUT2D eigenvalue weighted by Crippen LogP contribution is -2.24. The van der Waals surface area contributed by atoms with Gasteiger partial charge in [0.25, 0.3) is 0 Å². The predicted octanol–water partition coefficient (Wildman–Crippen LogP) is 7.11. The summed E-state index contributed by atoms with van der Waals surface area (Å²) in [6.45, 7) is 5.20. The Morgan fingerprint density at radius 1 is 1.00 bits per heavy atom. The Bertz CT molecular complexity index is 1750. The molecule has 1 aliphatic rings. The molecule has 0 N–H and O–H groups in total. The third-order valence-corrected chi connectivity index (χ3v) is 8.74. The highest BCUT2D eigenvalue weighted by Crippen LogP contribution is 2.40. The molecule has 0 amide bonds. The molecule has 3 aromatic carbocycles. The molecule has 218 valence electrons. The number of alkyl halides is 1. The minimum atomic E-state index is -0.262. The zero-order valence-electron chi connectivity index (χ0n) is 24.5. The molecule has 5 aromatic rings. The molecule has 0 aliphatic carbocycles. The Labute approximate surface area is 255 Å². The first kappa shape index (κ1) is 28.5. The van der Waals surface area contributed by atoms with Gasteiger partial charge in [0.15, 0.2) is 0 Å². The van der Waals surface area contributed by atoms with E-state index in [0.29, 0.717) is 30.7 Å². The predicted molar refractivity (Wildman–Crippen MR) is 171 cm³/mol. The molecular formula is C34H37BrN4O3. The van der Waals surface area contributed by atoms with Crippen LogP contribution in [0.15, 0.2) is 60.7 Å². The van der Waals surface area contributed by atoms with Gasteiger partial charge >= 0.3 is 5.97 Å². The standard InChI is InChI=1S/C34H37BrN4O3/c1-4-41-34(40)33-26(16-9-20-42-30-17-7-12-23-11-5-6-13-24(23)30)25-14-8-15-27-31-28(21-35)36-38(3)29(31)22-37(2)18-10-19-39(33)32(25)27/h5-8,11-15,17H,4,9-10,16,18-22H2,1-3H3. The second-order valence-electron chi connectivity index (χ2n) is 10.9.